The van der Waals surface area contributed by atoms with Gasteiger partial charge in [-0.05, 0) is 47.9 Å². The molecule has 3 aliphatic rings. The van der Waals surface area contributed by atoms with Crippen LogP contribution in [-0.4, -0.2) is 76.0 Å². The van der Waals surface area contributed by atoms with E-state index in [-0.39, 0.29) is 42.2 Å². The molecule has 7 atom stereocenters. The lowest BCUT2D eigenvalue weighted by molar-refractivity contribution is -0.144. The molecule has 3 saturated heterocycles. The first-order valence-corrected chi connectivity index (χ1v) is 16.4. The highest BCUT2D eigenvalue weighted by molar-refractivity contribution is 9.09. The maximum absolute atomic E-state index is 14.9. The number of rotatable bonds is 11. The van der Waals surface area contributed by atoms with Crippen molar-refractivity contribution in [2.75, 3.05) is 29.5 Å². The molecule has 234 valence electrons. The van der Waals surface area contributed by atoms with Gasteiger partial charge in [-0.15, -0.1) is 13.2 Å². The molecule has 1 N–H and O–H groups in total. The molecule has 0 saturated carbocycles. The molecule has 3 heterocycles. The molecule has 0 aliphatic carbocycles. The van der Waals surface area contributed by atoms with Crippen molar-refractivity contribution in [3.63, 3.8) is 0 Å². The van der Waals surface area contributed by atoms with Crippen molar-refractivity contribution in [3.05, 3.63) is 98.1 Å². The molecule has 0 radical (unpaired) electrons. The van der Waals surface area contributed by atoms with Crippen LogP contribution in [0, 0.1) is 11.8 Å². The Morgan fingerprint density at radius 1 is 1.00 bits per heavy atom. The van der Waals surface area contributed by atoms with E-state index in [1.54, 1.807) is 22.0 Å². The van der Waals surface area contributed by atoms with E-state index in [1.807, 2.05) is 79.7 Å². The van der Waals surface area contributed by atoms with Crippen LogP contribution < -0.4 is 9.80 Å². The van der Waals surface area contributed by atoms with E-state index in [4.69, 9.17) is 4.74 Å². The fourth-order valence-electron chi connectivity index (χ4n) is 7.62. The average molecular weight is 673 g/mol. The zero-order valence-corrected chi connectivity index (χ0v) is 26.9. The zero-order valence-electron chi connectivity index (χ0n) is 25.3. The Balaban J connectivity index is 1.45. The predicted molar refractivity (Wildman–Crippen MR) is 179 cm³/mol. The number of aliphatic hydroxyl groups excluding tert-OH is 1. The van der Waals surface area contributed by atoms with Crippen LogP contribution in [0.5, 0.6) is 0 Å². The van der Waals surface area contributed by atoms with Gasteiger partial charge in [-0.2, -0.15) is 0 Å². The Bertz CT molecular complexity index is 1630. The fourth-order valence-corrected chi connectivity index (χ4v) is 8.56. The minimum absolute atomic E-state index is 0.205. The number of likely N-dealkylation sites (tertiary alicyclic amines) is 1. The molecule has 3 amide bonds. The number of carbonyl (C=O) groups is 3. The van der Waals surface area contributed by atoms with Crippen molar-refractivity contribution in [2.24, 2.45) is 11.8 Å². The van der Waals surface area contributed by atoms with Crippen molar-refractivity contribution in [1.29, 1.82) is 0 Å². The van der Waals surface area contributed by atoms with Crippen LogP contribution in [0.3, 0.4) is 0 Å². The monoisotopic (exact) mass is 671 g/mol. The third-order valence-electron chi connectivity index (χ3n) is 9.59. The second kappa shape index (κ2) is 12.5. The number of halogens is 1. The molecule has 3 aromatic carbocycles. The molecule has 9 heteroatoms. The van der Waals surface area contributed by atoms with Gasteiger partial charge in [0.05, 0.1) is 30.6 Å². The molecule has 3 aliphatic heterocycles. The van der Waals surface area contributed by atoms with Crippen molar-refractivity contribution in [1.82, 2.24) is 4.90 Å². The van der Waals surface area contributed by atoms with E-state index < -0.39 is 35.6 Å². The van der Waals surface area contributed by atoms with Crippen LogP contribution in [0.25, 0.3) is 10.8 Å². The van der Waals surface area contributed by atoms with Crippen LogP contribution >= 0.6 is 15.9 Å². The number of alkyl halides is 1. The summed E-state index contributed by atoms with van der Waals surface area (Å²) < 4.78 is 6.76. The number of amides is 3. The SMILES string of the molecule is C=CCN(C(=O)C1N([C@@H](CC)CO)C(=O)[C@@H]2[C@H](C(=O)N(CC=C)c3ccccc3)[C@H]3OC12CC3Br)c1ccc2ccccc2c1. The molecule has 3 aromatic rings. The Hall–Kier alpha value is -3.79. The van der Waals surface area contributed by atoms with Crippen molar-refractivity contribution < 1.29 is 24.2 Å². The largest absolute Gasteiger partial charge is 0.394 e. The van der Waals surface area contributed by atoms with Gasteiger partial charge in [-0.3, -0.25) is 14.4 Å². The van der Waals surface area contributed by atoms with Gasteiger partial charge in [-0.25, -0.2) is 0 Å². The van der Waals surface area contributed by atoms with E-state index in [0.29, 0.717) is 24.2 Å². The van der Waals surface area contributed by atoms with Gasteiger partial charge >= 0.3 is 0 Å². The first-order valence-electron chi connectivity index (χ1n) is 15.4. The first kappa shape index (κ1) is 31.2. The Labute approximate surface area is 272 Å². The van der Waals surface area contributed by atoms with E-state index in [1.165, 1.54) is 4.90 Å². The van der Waals surface area contributed by atoms with E-state index in [2.05, 4.69) is 29.1 Å². The molecular formula is C36H38BrN3O5. The van der Waals surface area contributed by atoms with Gasteiger partial charge in [0.25, 0.3) is 5.91 Å². The Kier molecular flexibility index (Phi) is 8.70. The quantitative estimate of drug-likeness (QED) is 0.226. The summed E-state index contributed by atoms with van der Waals surface area (Å²) in [4.78, 5) is 48.6. The molecule has 6 rings (SSSR count). The summed E-state index contributed by atoms with van der Waals surface area (Å²) in [6.07, 6.45) is 3.51. The predicted octanol–water partition coefficient (Wildman–Crippen LogP) is 5.10. The molecule has 3 fully saturated rings. The normalized spacial score (nSPS) is 27.3. The number of fused-ring (bicyclic) bond motifs is 2. The fraction of sp³-hybridized carbons (Fsp3) is 0.361. The number of hydrogen-bond acceptors (Lipinski definition) is 5. The second-order valence-corrected chi connectivity index (χ2v) is 13.2. The molecule has 2 bridgehead atoms. The van der Waals surface area contributed by atoms with E-state index in [9.17, 15) is 19.5 Å². The standard InChI is InChI=1S/C36H38BrN3O5/c1-4-18-38(26-14-8-7-9-15-26)33(42)29-30-34(43)40(25(6-3)22-41)32(36(30)21-28(37)31(29)45-36)35(44)39(19-5-2)27-17-16-23-12-10-11-13-24(23)20-27/h4-5,7-17,20,25,28-32,41H,1-2,6,18-19,21-22H2,3H3/t25-,28?,29-,30-,31-,32?,36?/m0/s1. The second-order valence-electron chi connectivity index (χ2n) is 12.0. The molecular weight excluding hydrogens is 634 g/mol. The number of hydrogen-bond donors (Lipinski definition) is 1. The number of benzene rings is 3. The van der Waals surface area contributed by atoms with Gasteiger partial charge in [0.1, 0.15) is 11.6 Å². The number of ether oxygens (including phenoxy) is 1. The Morgan fingerprint density at radius 2 is 1.64 bits per heavy atom. The minimum Gasteiger partial charge on any atom is -0.394 e. The van der Waals surface area contributed by atoms with Crippen LogP contribution in [0.2, 0.25) is 0 Å². The van der Waals surface area contributed by atoms with Crippen LogP contribution in [0.15, 0.2) is 98.1 Å². The lowest BCUT2D eigenvalue weighted by Gasteiger charge is -2.39. The molecule has 3 unspecified atom stereocenters. The molecule has 1 spiro atoms. The maximum Gasteiger partial charge on any atom is 0.253 e. The summed E-state index contributed by atoms with van der Waals surface area (Å²) in [5.41, 5.74) is 0.0955. The van der Waals surface area contributed by atoms with Crippen LogP contribution in [-0.2, 0) is 19.1 Å². The zero-order chi connectivity index (χ0) is 31.9. The summed E-state index contributed by atoms with van der Waals surface area (Å²) in [5.74, 6) is -2.64. The van der Waals surface area contributed by atoms with Crippen LogP contribution in [0.1, 0.15) is 19.8 Å². The smallest absolute Gasteiger partial charge is 0.253 e. The summed E-state index contributed by atoms with van der Waals surface area (Å²) in [5, 5.41) is 12.5. The number of carbonyl (C=O) groups excluding carboxylic acids is 3. The molecule has 8 nitrogen and oxygen atoms in total. The third kappa shape index (κ3) is 5.01. The topological polar surface area (TPSA) is 90.4 Å². The summed E-state index contributed by atoms with van der Waals surface area (Å²) in [6.45, 7) is 9.79. The van der Waals surface area contributed by atoms with E-state index in [0.717, 1.165) is 10.8 Å². The minimum atomic E-state index is -1.26. The van der Waals surface area contributed by atoms with Crippen molar-refractivity contribution in [3.8, 4) is 0 Å². The van der Waals surface area contributed by atoms with Crippen molar-refractivity contribution >= 4 is 55.8 Å². The Morgan fingerprint density at radius 3 is 2.29 bits per heavy atom. The number of nitrogens with zero attached hydrogens (tertiary/aromatic N) is 3. The maximum atomic E-state index is 14.9. The average Bonchev–Trinajstić information content (AvgIpc) is 3.66. The lowest BCUT2D eigenvalue weighted by atomic mass is 9.70. The van der Waals surface area contributed by atoms with E-state index >= 15 is 0 Å². The summed E-state index contributed by atoms with van der Waals surface area (Å²) in [6, 6.07) is 21.3. The summed E-state index contributed by atoms with van der Waals surface area (Å²) in [7, 11) is 0. The van der Waals surface area contributed by atoms with Gasteiger partial charge in [0.15, 0.2) is 0 Å². The molecule has 45 heavy (non-hydrogen) atoms. The lowest BCUT2D eigenvalue weighted by Crippen LogP contribution is -2.59. The molecule has 0 aromatic heterocycles. The number of aliphatic hydroxyl groups is 1. The number of anilines is 2. The number of para-hydroxylation sites is 1. The first-order chi connectivity index (χ1) is 21.8. The third-order valence-corrected chi connectivity index (χ3v) is 10.4. The van der Waals surface area contributed by atoms with Gasteiger partial charge in [-0.1, -0.05) is 83.5 Å². The highest BCUT2D eigenvalue weighted by Crippen LogP contribution is 2.61. The van der Waals surface area contributed by atoms with Crippen molar-refractivity contribution in [2.45, 2.75) is 48.4 Å². The highest BCUT2D eigenvalue weighted by Gasteiger charge is 2.77. The summed E-state index contributed by atoms with van der Waals surface area (Å²) >= 11 is 3.77. The van der Waals surface area contributed by atoms with Gasteiger partial charge < -0.3 is 24.5 Å². The highest BCUT2D eigenvalue weighted by atomic mass is 79.9. The van der Waals surface area contributed by atoms with Gasteiger partial charge in [0, 0.05) is 29.3 Å². The van der Waals surface area contributed by atoms with Gasteiger partial charge in [0.2, 0.25) is 11.8 Å². The van der Waals surface area contributed by atoms with Crippen LogP contribution in [0.4, 0.5) is 11.4 Å².